The van der Waals surface area contributed by atoms with Crippen LogP contribution >= 0.6 is 0 Å². The normalized spacial score (nSPS) is 12.4. The molecule has 0 amide bonds. The smallest absolute Gasteiger partial charge is 0.264 e. The first-order chi connectivity index (χ1) is 18.3. The number of pyridine rings is 1. The number of hydrogen-bond donors (Lipinski definition) is 2. The quantitative estimate of drug-likeness (QED) is 0.223. The number of fused-ring (bicyclic) bond motifs is 1. The van der Waals surface area contributed by atoms with Gasteiger partial charge in [-0.15, -0.1) is 0 Å². The third kappa shape index (κ3) is 6.09. The van der Waals surface area contributed by atoms with Crippen molar-refractivity contribution in [2.75, 3.05) is 9.44 Å². The number of hydrogen-bond acceptors (Lipinski definition) is 5. The second-order valence-corrected chi connectivity index (χ2v) is 13.9. The third-order valence-corrected chi connectivity index (χ3v) is 9.53. The van der Waals surface area contributed by atoms with E-state index in [0.29, 0.717) is 10.9 Å². The minimum atomic E-state index is -3.99. The molecule has 0 aliphatic carbocycles. The van der Waals surface area contributed by atoms with E-state index in [0.717, 1.165) is 16.7 Å². The highest BCUT2D eigenvalue weighted by atomic mass is 32.2. The standard InChI is InChI=1S/C30H35N3O4S2/c1-19(2)23-16-26(20(3)4)30(27(17-23)21(5)6)39(36,37)33-25-13-8-12-24(18-25)32-38(34,35)28-14-7-10-22-11-9-15-31-29(22)28/h7-21,32-33H,1-6H3. The summed E-state index contributed by atoms with van der Waals surface area (Å²) in [5, 5.41) is 0.701. The average molecular weight is 566 g/mol. The van der Waals surface area contributed by atoms with Gasteiger partial charge in [0.1, 0.15) is 4.90 Å². The molecule has 0 radical (unpaired) electrons. The Morgan fingerprint density at radius 2 is 1.18 bits per heavy atom. The fraction of sp³-hybridized carbons (Fsp3) is 0.300. The number of nitrogens with zero attached hydrogens (tertiary/aromatic N) is 1. The summed E-state index contributed by atoms with van der Waals surface area (Å²) in [5.74, 6) is 0.229. The SMILES string of the molecule is CC(C)c1cc(C(C)C)c(S(=O)(=O)Nc2cccc(NS(=O)(=O)c3cccc4cccnc34)c2)c(C(C)C)c1. The van der Waals surface area contributed by atoms with Gasteiger partial charge in [0.05, 0.1) is 21.8 Å². The van der Waals surface area contributed by atoms with Crippen molar-refractivity contribution in [3.8, 4) is 0 Å². The van der Waals surface area contributed by atoms with E-state index in [-0.39, 0.29) is 38.9 Å². The molecule has 39 heavy (non-hydrogen) atoms. The lowest BCUT2D eigenvalue weighted by Gasteiger charge is -2.23. The van der Waals surface area contributed by atoms with Crippen molar-refractivity contribution in [2.24, 2.45) is 0 Å². The molecule has 1 aromatic heterocycles. The number of aromatic nitrogens is 1. The molecule has 0 fully saturated rings. The molecule has 3 aromatic carbocycles. The summed E-state index contributed by atoms with van der Waals surface area (Å²) < 4.78 is 59.5. The lowest BCUT2D eigenvalue weighted by molar-refractivity contribution is 0.595. The van der Waals surface area contributed by atoms with Crippen LogP contribution < -0.4 is 9.44 Å². The number of nitrogens with one attached hydrogen (secondary N) is 2. The zero-order valence-corrected chi connectivity index (χ0v) is 24.7. The Bertz CT molecular complexity index is 1690. The molecule has 9 heteroatoms. The van der Waals surface area contributed by atoms with E-state index in [1.807, 2.05) is 39.8 Å². The second kappa shape index (κ2) is 11.0. The van der Waals surface area contributed by atoms with E-state index in [9.17, 15) is 16.8 Å². The van der Waals surface area contributed by atoms with Gasteiger partial charge in [-0.25, -0.2) is 16.8 Å². The summed E-state index contributed by atoms with van der Waals surface area (Å²) >= 11 is 0. The minimum Gasteiger partial charge on any atom is -0.280 e. The van der Waals surface area contributed by atoms with E-state index >= 15 is 0 Å². The van der Waals surface area contributed by atoms with Crippen molar-refractivity contribution in [3.05, 3.63) is 89.6 Å². The van der Waals surface area contributed by atoms with Gasteiger partial charge in [0.2, 0.25) is 0 Å². The van der Waals surface area contributed by atoms with Crippen LogP contribution in [0.5, 0.6) is 0 Å². The summed E-state index contributed by atoms with van der Waals surface area (Å²) in [4.78, 5) is 4.56. The lowest BCUT2D eigenvalue weighted by atomic mass is 9.89. The molecular weight excluding hydrogens is 530 g/mol. The van der Waals surface area contributed by atoms with Crippen LogP contribution in [-0.4, -0.2) is 21.8 Å². The zero-order chi connectivity index (χ0) is 28.5. The maximum atomic E-state index is 13.8. The largest absolute Gasteiger partial charge is 0.280 e. The van der Waals surface area contributed by atoms with E-state index in [1.165, 1.54) is 12.1 Å². The first kappa shape index (κ1) is 28.6. The van der Waals surface area contributed by atoms with Crippen LogP contribution in [0.2, 0.25) is 0 Å². The van der Waals surface area contributed by atoms with Gasteiger partial charge >= 0.3 is 0 Å². The molecule has 1 heterocycles. The van der Waals surface area contributed by atoms with Crippen molar-refractivity contribution < 1.29 is 16.8 Å². The second-order valence-electron chi connectivity index (χ2n) is 10.6. The minimum absolute atomic E-state index is 0.0137. The van der Waals surface area contributed by atoms with Crippen molar-refractivity contribution in [1.29, 1.82) is 0 Å². The molecule has 0 aliphatic rings. The maximum Gasteiger partial charge on any atom is 0.264 e. The van der Waals surface area contributed by atoms with Gasteiger partial charge in [-0.1, -0.05) is 77.9 Å². The first-order valence-electron chi connectivity index (χ1n) is 13.0. The van der Waals surface area contributed by atoms with E-state index < -0.39 is 20.0 Å². The molecule has 2 N–H and O–H groups in total. The summed E-state index contributed by atoms with van der Waals surface area (Å²) in [5.41, 5.74) is 3.46. The summed E-state index contributed by atoms with van der Waals surface area (Å²) in [7, 11) is -7.98. The number of benzene rings is 3. The Hall–Kier alpha value is -3.43. The van der Waals surface area contributed by atoms with Crippen LogP contribution in [0.3, 0.4) is 0 Å². The monoisotopic (exact) mass is 565 g/mol. The molecule has 0 saturated carbocycles. The highest BCUT2D eigenvalue weighted by Gasteiger charge is 2.27. The molecule has 7 nitrogen and oxygen atoms in total. The number of rotatable bonds is 9. The highest BCUT2D eigenvalue weighted by Crippen LogP contribution is 2.36. The Morgan fingerprint density at radius 1 is 0.641 bits per heavy atom. The predicted molar refractivity (Wildman–Crippen MR) is 159 cm³/mol. The third-order valence-electron chi connectivity index (χ3n) is 6.60. The fourth-order valence-corrected chi connectivity index (χ4v) is 7.53. The summed E-state index contributed by atoms with van der Waals surface area (Å²) in [6.45, 7) is 12.1. The van der Waals surface area contributed by atoms with Gasteiger partial charge in [-0.3, -0.25) is 14.4 Å². The van der Waals surface area contributed by atoms with E-state index in [4.69, 9.17) is 0 Å². The topological polar surface area (TPSA) is 105 Å². The van der Waals surface area contributed by atoms with Crippen LogP contribution in [0, 0.1) is 0 Å². The van der Waals surface area contributed by atoms with E-state index in [1.54, 1.807) is 48.7 Å². The summed E-state index contributed by atoms with van der Waals surface area (Å²) in [6, 6.07) is 18.7. The molecular formula is C30H35N3O4S2. The van der Waals surface area contributed by atoms with Gasteiger partial charge < -0.3 is 0 Å². The molecule has 0 bridgehead atoms. The number of anilines is 2. The molecule has 0 aliphatic heterocycles. The van der Waals surface area contributed by atoms with Crippen LogP contribution in [-0.2, 0) is 20.0 Å². The van der Waals surface area contributed by atoms with Gasteiger partial charge in [0, 0.05) is 11.6 Å². The van der Waals surface area contributed by atoms with Gasteiger partial charge in [-0.2, -0.15) is 0 Å². The number of para-hydroxylation sites is 1. The van der Waals surface area contributed by atoms with Crippen LogP contribution in [0.4, 0.5) is 11.4 Å². The van der Waals surface area contributed by atoms with Crippen molar-refractivity contribution in [2.45, 2.75) is 69.1 Å². The molecule has 4 aromatic rings. The van der Waals surface area contributed by atoms with Crippen molar-refractivity contribution in [3.63, 3.8) is 0 Å². The Labute approximate surface area is 231 Å². The molecule has 0 unspecified atom stereocenters. The zero-order valence-electron chi connectivity index (χ0n) is 23.1. The van der Waals surface area contributed by atoms with Crippen molar-refractivity contribution in [1.82, 2.24) is 4.98 Å². The average Bonchev–Trinajstić information content (AvgIpc) is 2.87. The highest BCUT2D eigenvalue weighted by molar-refractivity contribution is 7.93. The maximum absolute atomic E-state index is 13.8. The molecule has 0 saturated heterocycles. The van der Waals surface area contributed by atoms with Crippen LogP contribution in [0.25, 0.3) is 10.9 Å². The van der Waals surface area contributed by atoms with Crippen LogP contribution in [0.15, 0.2) is 82.7 Å². The summed E-state index contributed by atoms with van der Waals surface area (Å²) in [6.07, 6.45) is 1.54. The fourth-order valence-electron chi connectivity index (χ4n) is 4.56. The van der Waals surface area contributed by atoms with Gasteiger partial charge in [0.15, 0.2) is 0 Å². The predicted octanol–water partition coefficient (Wildman–Crippen LogP) is 7.21. The molecule has 0 atom stereocenters. The Balaban J connectivity index is 1.71. The van der Waals surface area contributed by atoms with E-state index in [2.05, 4.69) is 28.3 Å². The lowest BCUT2D eigenvalue weighted by Crippen LogP contribution is -2.19. The molecule has 0 spiro atoms. The molecule has 206 valence electrons. The van der Waals surface area contributed by atoms with Gasteiger partial charge in [-0.05, 0) is 64.8 Å². The van der Waals surface area contributed by atoms with Crippen molar-refractivity contribution >= 4 is 42.3 Å². The number of sulfonamides is 2. The Morgan fingerprint density at radius 3 is 1.74 bits per heavy atom. The van der Waals surface area contributed by atoms with Crippen LogP contribution in [0.1, 0.15) is 76.0 Å². The van der Waals surface area contributed by atoms with Gasteiger partial charge in [0.25, 0.3) is 20.0 Å². The molecule has 4 rings (SSSR count). The first-order valence-corrected chi connectivity index (χ1v) is 15.9. The Kier molecular flexibility index (Phi) is 8.04.